The zero-order chi connectivity index (χ0) is 19.1. The Morgan fingerprint density at radius 1 is 1.15 bits per heavy atom. The molecule has 3 aromatic rings. The number of allylic oxidation sites excluding steroid dienone is 1. The number of H-pyrrole nitrogens is 1. The Labute approximate surface area is 154 Å². The van der Waals surface area contributed by atoms with Gasteiger partial charge in [0, 0.05) is 23.9 Å². The Hall–Kier alpha value is -4.07. The third-order valence-corrected chi connectivity index (χ3v) is 3.59. The van der Waals surface area contributed by atoms with Gasteiger partial charge in [-0.1, -0.05) is 48.5 Å². The molecule has 0 fully saturated rings. The van der Waals surface area contributed by atoms with Crippen molar-refractivity contribution in [3.63, 3.8) is 0 Å². The highest BCUT2D eigenvalue weighted by Crippen LogP contribution is 2.22. The number of nitro groups is 1. The Bertz CT molecular complexity index is 1010. The number of aromatic amines is 1. The number of nitrogens with zero attached hydrogens (tertiary/aromatic N) is 3. The molecule has 2 N–H and O–H groups in total. The Morgan fingerprint density at radius 3 is 2.74 bits per heavy atom. The van der Waals surface area contributed by atoms with E-state index in [0.29, 0.717) is 11.3 Å². The second-order valence-corrected chi connectivity index (χ2v) is 5.46. The monoisotopic (exact) mass is 361 g/mol. The molecule has 2 aromatic carbocycles. The van der Waals surface area contributed by atoms with Crippen molar-refractivity contribution in [1.29, 1.82) is 0 Å². The molecule has 0 atom stereocenters. The molecular formula is C19H15N5O3. The van der Waals surface area contributed by atoms with Crippen molar-refractivity contribution in [2.24, 2.45) is 5.10 Å². The molecule has 0 saturated carbocycles. The van der Waals surface area contributed by atoms with E-state index in [9.17, 15) is 14.9 Å². The number of carbonyl (C=O) groups is 1. The van der Waals surface area contributed by atoms with Crippen LogP contribution in [-0.2, 0) is 0 Å². The van der Waals surface area contributed by atoms with Crippen LogP contribution in [0.3, 0.4) is 0 Å². The minimum atomic E-state index is -0.485. The number of hydrogen-bond acceptors (Lipinski definition) is 5. The van der Waals surface area contributed by atoms with Crippen LogP contribution in [0.4, 0.5) is 5.69 Å². The van der Waals surface area contributed by atoms with Gasteiger partial charge in [0.25, 0.3) is 11.6 Å². The van der Waals surface area contributed by atoms with E-state index in [-0.39, 0.29) is 11.4 Å². The fraction of sp³-hybridized carbons (Fsp3) is 0. The van der Waals surface area contributed by atoms with Crippen LogP contribution in [0.5, 0.6) is 0 Å². The van der Waals surface area contributed by atoms with Crippen molar-refractivity contribution in [3.05, 3.63) is 88.1 Å². The summed E-state index contributed by atoms with van der Waals surface area (Å²) in [4.78, 5) is 22.4. The number of nitro benzene ring substituents is 1. The SMILES string of the molecule is O=C(N/N=C/C=C/c1ccccc1)c1cc(-c2cccc([N+](=O)[O-])c2)n[nH]1. The molecule has 0 unspecified atom stereocenters. The van der Waals surface area contributed by atoms with Gasteiger partial charge in [-0.05, 0) is 17.7 Å². The van der Waals surface area contributed by atoms with Crippen LogP contribution in [0.2, 0.25) is 0 Å². The maximum absolute atomic E-state index is 12.1. The quantitative estimate of drug-likeness (QED) is 0.398. The summed E-state index contributed by atoms with van der Waals surface area (Å²) in [6, 6.07) is 17.2. The normalized spacial score (nSPS) is 11.1. The van der Waals surface area contributed by atoms with Gasteiger partial charge < -0.3 is 0 Å². The number of rotatable bonds is 6. The van der Waals surface area contributed by atoms with Gasteiger partial charge in [0.1, 0.15) is 5.69 Å². The molecule has 1 heterocycles. The van der Waals surface area contributed by atoms with Gasteiger partial charge in [-0.25, -0.2) is 5.43 Å². The maximum Gasteiger partial charge on any atom is 0.289 e. The number of carbonyl (C=O) groups excluding carboxylic acids is 1. The first-order chi connectivity index (χ1) is 13.1. The molecule has 0 bridgehead atoms. The Kier molecular flexibility index (Phi) is 5.48. The molecule has 0 saturated heterocycles. The second kappa shape index (κ2) is 8.34. The molecule has 0 radical (unpaired) electrons. The molecular weight excluding hydrogens is 346 g/mol. The van der Waals surface area contributed by atoms with Gasteiger partial charge in [0.2, 0.25) is 0 Å². The Morgan fingerprint density at radius 2 is 1.96 bits per heavy atom. The number of benzene rings is 2. The molecule has 0 aliphatic carbocycles. The summed E-state index contributed by atoms with van der Waals surface area (Å²) in [5.41, 5.74) is 4.51. The minimum Gasteiger partial charge on any atom is -0.272 e. The topological polar surface area (TPSA) is 113 Å². The lowest BCUT2D eigenvalue weighted by atomic mass is 10.1. The standard InChI is InChI=1S/C19H15N5O3/c25-19(23-20-11-5-8-14-6-2-1-3-7-14)18-13-17(21-22-18)15-9-4-10-16(12-15)24(26)27/h1-13H,(H,21,22)(H,23,25)/b8-5+,20-11+. The van der Waals surface area contributed by atoms with Crippen LogP contribution in [0, 0.1) is 10.1 Å². The third kappa shape index (κ3) is 4.73. The third-order valence-electron chi connectivity index (χ3n) is 3.59. The largest absolute Gasteiger partial charge is 0.289 e. The van der Waals surface area contributed by atoms with E-state index in [1.807, 2.05) is 36.4 Å². The first kappa shape index (κ1) is 17.7. The van der Waals surface area contributed by atoms with Gasteiger partial charge in [0.05, 0.1) is 10.6 Å². The van der Waals surface area contributed by atoms with E-state index >= 15 is 0 Å². The smallest absolute Gasteiger partial charge is 0.272 e. The van der Waals surface area contributed by atoms with Gasteiger partial charge in [-0.2, -0.15) is 10.2 Å². The van der Waals surface area contributed by atoms with E-state index in [4.69, 9.17) is 0 Å². The molecule has 3 rings (SSSR count). The van der Waals surface area contributed by atoms with E-state index < -0.39 is 10.8 Å². The van der Waals surface area contributed by atoms with Gasteiger partial charge in [-0.3, -0.25) is 20.0 Å². The highest BCUT2D eigenvalue weighted by atomic mass is 16.6. The summed E-state index contributed by atoms with van der Waals surface area (Å²) in [5.74, 6) is -0.469. The van der Waals surface area contributed by atoms with Crippen LogP contribution >= 0.6 is 0 Å². The number of nitrogens with one attached hydrogen (secondary N) is 2. The lowest BCUT2D eigenvalue weighted by Gasteiger charge is -1.96. The Balaban J connectivity index is 1.62. The summed E-state index contributed by atoms with van der Waals surface area (Å²) in [5, 5.41) is 21.3. The first-order valence-electron chi connectivity index (χ1n) is 7.99. The van der Waals surface area contributed by atoms with Crippen molar-refractivity contribution in [2.45, 2.75) is 0 Å². The molecule has 8 nitrogen and oxygen atoms in total. The number of hydrazone groups is 1. The average Bonchev–Trinajstić information content (AvgIpc) is 3.19. The van der Waals surface area contributed by atoms with Crippen molar-refractivity contribution < 1.29 is 9.72 Å². The lowest BCUT2D eigenvalue weighted by molar-refractivity contribution is -0.384. The highest BCUT2D eigenvalue weighted by molar-refractivity contribution is 5.94. The molecule has 27 heavy (non-hydrogen) atoms. The predicted octanol–water partition coefficient (Wildman–Crippen LogP) is 3.41. The van der Waals surface area contributed by atoms with Gasteiger partial charge >= 0.3 is 0 Å². The maximum atomic E-state index is 12.1. The molecule has 1 aromatic heterocycles. The van der Waals surface area contributed by atoms with E-state index in [2.05, 4.69) is 20.7 Å². The summed E-state index contributed by atoms with van der Waals surface area (Å²) in [6.07, 6.45) is 5.02. The first-order valence-corrected chi connectivity index (χ1v) is 7.99. The van der Waals surface area contributed by atoms with Crippen molar-refractivity contribution in [1.82, 2.24) is 15.6 Å². The second-order valence-electron chi connectivity index (χ2n) is 5.46. The van der Waals surface area contributed by atoms with Crippen molar-refractivity contribution in [2.75, 3.05) is 0 Å². The average molecular weight is 361 g/mol. The van der Waals surface area contributed by atoms with Crippen LogP contribution in [0.25, 0.3) is 17.3 Å². The van der Waals surface area contributed by atoms with Gasteiger partial charge in [0.15, 0.2) is 0 Å². The van der Waals surface area contributed by atoms with Crippen LogP contribution in [0.1, 0.15) is 16.1 Å². The zero-order valence-electron chi connectivity index (χ0n) is 14.1. The number of amides is 1. The minimum absolute atomic E-state index is 0.0451. The molecule has 0 spiro atoms. The van der Waals surface area contributed by atoms with E-state index in [0.717, 1.165) is 5.56 Å². The highest BCUT2D eigenvalue weighted by Gasteiger charge is 2.12. The summed E-state index contributed by atoms with van der Waals surface area (Å²) >= 11 is 0. The van der Waals surface area contributed by atoms with Crippen molar-refractivity contribution >= 4 is 23.9 Å². The van der Waals surface area contributed by atoms with Gasteiger partial charge in [-0.15, -0.1) is 0 Å². The summed E-state index contributed by atoms with van der Waals surface area (Å²) in [7, 11) is 0. The molecule has 0 aliphatic heterocycles. The van der Waals surface area contributed by atoms with E-state index in [1.165, 1.54) is 24.4 Å². The van der Waals surface area contributed by atoms with E-state index in [1.54, 1.807) is 18.2 Å². The number of hydrogen-bond donors (Lipinski definition) is 2. The summed E-state index contributed by atoms with van der Waals surface area (Å²) < 4.78 is 0. The molecule has 1 amide bonds. The molecule has 8 heteroatoms. The van der Waals surface area contributed by atoms with Crippen LogP contribution in [-0.4, -0.2) is 27.2 Å². The molecule has 134 valence electrons. The van der Waals surface area contributed by atoms with Crippen molar-refractivity contribution in [3.8, 4) is 11.3 Å². The molecule has 0 aliphatic rings. The lowest BCUT2D eigenvalue weighted by Crippen LogP contribution is -2.17. The predicted molar refractivity (Wildman–Crippen MR) is 102 cm³/mol. The van der Waals surface area contributed by atoms with Crippen LogP contribution in [0.15, 0.2) is 71.8 Å². The number of aromatic nitrogens is 2. The fourth-order valence-electron chi connectivity index (χ4n) is 2.28. The summed E-state index contributed by atoms with van der Waals surface area (Å²) in [6.45, 7) is 0. The zero-order valence-corrected chi connectivity index (χ0v) is 14.1. The fourth-order valence-corrected chi connectivity index (χ4v) is 2.28. The van der Waals surface area contributed by atoms with Crippen LogP contribution < -0.4 is 5.43 Å². The number of non-ortho nitro benzene ring substituents is 1.